The van der Waals surface area contributed by atoms with Crippen LogP contribution in [-0.2, 0) is 7.05 Å². The lowest BCUT2D eigenvalue weighted by Gasteiger charge is -2.15. The summed E-state index contributed by atoms with van der Waals surface area (Å²) >= 11 is 1.78. The molecule has 92 valence electrons. The third-order valence-corrected chi connectivity index (χ3v) is 3.82. The fraction of sp³-hybridized carbons (Fsp3) is 0.818. The van der Waals surface area contributed by atoms with Crippen LogP contribution < -0.4 is 5.32 Å². The minimum absolute atomic E-state index is 0.571. The number of aryl methyl sites for hydroxylation is 1. The first-order chi connectivity index (χ1) is 7.69. The zero-order valence-corrected chi connectivity index (χ0v) is 11.5. The number of rotatable bonds is 7. The Morgan fingerprint density at radius 1 is 1.38 bits per heavy atom. The lowest BCUT2D eigenvalue weighted by atomic mass is 10.2. The highest BCUT2D eigenvalue weighted by Gasteiger charge is 2.09. The lowest BCUT2D eigenvalue weighted by molar-refractivity contribution is 0.539. The number of hydrogen-bond acceptors (Lipinski definition) is 4. The van der Waals surface area contributed by atoms with Gasteiger partial charge in [-0.05, 0) is 26.3 Å². The molecule has 0 fully saturated rings. The van der Waals surface area contributed by atoms with Crippen molar-refractivity contribution >= 4 is 11.8 Å². The predicted octanol–water partition coefficient (Wildman–Crippen LogP) is 1.99. The number of nitrogens with one attached hydrogen (secondary N) is 1. The van der Waals surface area contributed by atoms with Crippen LogP contribution >= 0.6 is 11.8 Å². The molecule has 1 atom stereocenters. The van der Waals surface area contributed by atoms with Crippen LogP contribution in [0.15, 0.2) is 5.16 Å². The van der Waals surface area contributed by atoms with E-state index in [9.17, 15) is 0 Å². The van der Waals surface area contributed by atoms with E-state index in [4.69, 9.17) is 0 Å². The molecule has 1 N–H and O–H groups in total. The molecule has 0 aliphatic rings. The lowest BCUT2D eigenvalue weighted by Crippen LogP contribution is -2.31. The Bertz CT molecular complexity index is 311. The average Bonchev–Trinajstić information content (AvgIpc) is 2.61. The number of thioether (sulfide) groups is 1. The first kappa shape index (κ1) is 13.5. The van der Waals surface area contributed by atoms with E-state index in [0.717, 1.165) is 29.7 Å². The van der Waals surface area contributed by atoms with E-state index in [-0.39, 0.29) is 0 Å². The van der Waals surface area contributed by atoms with E-state index in [1.54, 1.807) is 11.8 Å². The highest BCUT2D eigenvalue weighted by molar-refractivity contribution is 7.99. The van der Waals surface area contributed by atoms with Crippen molar-refractivity contribution in [3.63, 3.8) is 0 Å². The Morgan fingerprint density at radius 2 is 2.12 bits per heavy atom. The Balaban J connectivity index is 2.40. The van der Waals surface area contributed by atoms with Crippen molar-refractivity contribution < 1.29 is 0 Å². The zero-order valence-electron chi connectivity index (χ0n) is 10.7. The number of nitrogens with zero attached hydrogens (tertiary/aromatic N) is 3. The molecule has 1 aromatic heterocycles. The maximum Gasteiger partial charge on any atom is 0.190 e. The van der Waals surface area contributed by atoms with Crippen LogP contribution in [0.5, 0.6) is 0 Å². The van der Waals surface area contributed by atoms with Crippen LogP contribution in [0.4, 0.5) is 0 Å². The van der Waals surface area contributed by atoms with Crippen LogP contribution in [0, 0.1) is 6.92 Å². The van der Waals surface area contributed by atoms with Crippen LogP contribution in [0.1, 0.15) is 32.5 Å². The molecule has 1 aromatic rings. The van der Waals surface area contributed by atoms with Crippen LogP contribution in [0.25, 0.3) is 0 Å². The second kappa shape index (κ2) is 6.91. The van der Waals surface area contributed by atoms with Crippen molar-refractivity contribution in [2.45, 2.75) is 44.8 Å². The first-order valence-corrected chi connectivity index (χ1v) is 6.89. The maximum atomic E-state index is 4.15. The molecule has 0 saturated carbocycles. The fourth-order valence-electron chi connectivity index (χ4n) is 1.36. The summed E-state index contributed by atoms with van der Waals surface area (Å²) in [6.45, 7) is 7.48. The SMILES string of the molecule is CCCNC(CC)CSc1nnc(C)n1C. The molecule has 1 unspecified atom stereocenters. The van der Waals surface area contributed by atoms with Crippen molar-refractivity contribution in [3.8, 4) is 0 Å². The molecule has 0 aliphatic heterocycles. The van der Waals surface area contributed by atoms with Gasteiger partial charge >= 0.3 is 0 Å². The van der Waals surface area contributed by atoms with Gasteiger partial charge in [0.2, 0.25) is 0 Å². The Labute approximate surface area is 102 Å². The quantitative estimate of drug-likeness (QED) is 0.743. The van der Waals surface area contributed by atoms with Crippen molar-refractivity contribution in [2.75, 3.05) is 12.3 Å². The van der Waals surface area contributed by atoms with Crippen LogP contribution in [0.3, 0.4) is 0 Å². The summed E-state index contributed by atoms with van der Waals surface area (Å²) in [5.41, 5.74) is 0. The third-order valence-electron chi connectivity index (χ3n) is 2.64. The molecule has 0 saturated heterocycles. The highest BCUT2D eigenvalue weighted by Crippen LogP contribution is 2.17. The third kappa shape index (κ3) is 3.79. The van der Waals surface area contributed by atoms with Gasteiger partial charge in [-0.15, -0.1) is 10.2 Å². The van der Waals surface area contributed by atoms with Gasteiger partial charge in [0.05, 0.1) is 0 Å². The van der Waals surface area contributed by atoms with Gasteiger partial charge in [-0.3, -0.25) is 0 Å². The van der Waals surface area contributed by atoms with Crippen LogP contribution in [0.2, 0.25) is 0 Å². The Kier molecular flexibility index (Phi) is 5.84. The molecule has 0 amide bonds. The topological polar surface area (TPSA) is 42.7 Å². The van der Waals surface area contributed by atoms with Crippen molar-refractivity contribution in [1.82, 2.24) is 20.1 Å². The van der Waals surface area contributed by atoms with Crippen molar-refractivity contribution in [3.05, 3.63) is 5.82 Å². The van der Waals surface area contributed by atoms with Gasteiger partial charge in [0, 0.05) is 18.8 Å². The molecule has 0 bridgehead atoms. The van der Waals surface area contributed by atoms with E-state index >= 15 is 0 Å². The standard InChI is InChI=1S/C11H22N4S/c1-5-7-12-10(6-2)8-16-11-14-13-9(3)15(11)4/h10,12H,5-8H2,1-4H3. The summed E-state index contributed by atoms with van der Waals surface area (Å²) in [5, 5.41) is 12.7. The summed E-state index contributed by atoms with van der Waals surface area (Å²) in [4.78, 5) is 0. The molecule has 16 heavy (non-hydrogen) atoms. The monoisotopic (exact) mass is 242 g/mol. The second-order valence-corrected chi connectivity index (χ2v) is 4.95. The van der Waals surface area contributed by atoms with E-state index in [0.29, 0.717) is 6.04 Å². The van der Waals surface area contributed by atoms with E-state index < -0.39 is 0 Å². The Morgan fingerprint density at radius 3 is 2.62 bits per heavy atom. The van der Waals surface area contributed by atoms with Gasteiger partial charge in [-0.1, -0.05) is 25.6 Å². The van der Waals surface area contributed by atoms with E-state index in [1.807, 2.05) is 18.5 Å². The van der Waals surface area contributed by atoms with Gasteiger partial charge in [0.25, 0.3) is 0 Å². The molecule has 0 radical (unpaired) electrons. The smallest absolute Gasteiger partial charge is 0.190 e. The van der Waals surface area contributed by atoms with E-state index in [1.165, 1.54) is 6.42 Å². The number of aromatic nitrogens is 3. The normalized spacial score (nSPS) is 13.0. The van der Waals surface area contributed by atoms with Crippen LogP contribution in [-0.4, -0.2) is 33.1 Å². The van der Waals surface area contributed by atoms with Crippen molar-refractivity contribution in [2.24, 2.45) is 7.05 Å². The van der Waals surface area contributed by atoms with Crippen molar-refractivity contribution in [1.29, 1.82) is 0 Å². The van der Waals surface area contributed by atoms with Gasteiger partial charge in [0.15, 0.2) is 5.16 Å². The molecular formula is C11H22N4S. The molecule has 1 rings (SSSR count). The van der Waals surface area contributed by atoms with E-state index in [2.05, 4.69) is 29.4 Å². The molecule has 0 spiro atoms. The Hall–Kier alpha value is -0.550. The predicted molar refractivity (Wildman–Crippen MR) is 68.8 cm³/mol. The molecule has 1 heterocycles. The maximum absolute atomic E-state index is 4.15. The van der Waals surface area contributed by atoms with Gasteiger partial charge in [-0.25, -0.2) is 0 Å². The zero-order chi connectivity index (χ0) is 12.0. The molecular weight excluding hydrogens is 220 g/mol. The fourth-order valence-corrected chi connectivity index (χ4v) is 2.49. The minimum atomic E-state index is 0.571. The molecule has 0 aromatic carbocycles. The molecule has 5 heteroatoms. The largest absolute Gasteiger partial charge is 0.313 e. The summed E-state index contributed by atoms with van der Waals surface area (Å²) in [7, 11) is 2.01. The molecule has 0 aliphatic carbocycles. The summed E-state index contributed by atoms with van der Waals surface area (Å²) in [6, 6.07) is 0.571. The molecule has 4 nitrogen and oxygen atoms in total. The summed E-state index contributed by atoms with van der Waals surface area (Å²) in [6.07, 6.45) is 2.34. The minimum Gasteiger partial charge on any atom is -0.313 e. The number of hydrogen-bond donors (Lipinski definition) is 1. The highest BCUT2D eigenvalue weighted by atomic mass is 32.2. The summed E-state index contributed by atoms with van der Waals surface area (Å²) in [5.74, 6) is 2.03. The average molecular weight is 242 g/mol. The first-order valence-electron chi connectivity index (χ1n) is 5.91. The summed E-state index contributed by atoms with van der Waals surface area (Å²) < 4.78 is 2.04. The van der Waals surface area contributed by atoms with Gasteiger partial charge in [0.1, 0.15) is 5.82 Å². The van der Waals surface area contributed by atoms with Gasteiger partial charge < -0.3 is 9.88 Å². The van der Waals surface area contributed by atoms with Gasteiger partial charge in [-0.2, -0.15) is 0 Å². The second-order valence-electron chi connectivity index (χ2n) is 3.96.